The van der Waals surface area contributed by atoms with Crippen molar-refractivity contribution >= 4 is 21.9 Å². The molecule has 0 radical (unpaired) electrons. The third-order valence-electron chi connectivity index (χ3n) is 2.54. The van der Waals surface area contributed by atoms with Crippen LogP contribution in [0.1, 0.15) is 11.3 Å². The number of nitrogens with zero attached hydrogens (tertiary/aromatic N) is 2. The monoisotopic (exact) mass is 305 g/mol. The van der Waals surface area contributed by atoms with Crippen molar-refractivity contribution in [2.45, 2.75) is 13.5 Å². The molecule has 0 saturated carbocycles. The van der Waals surface area contributed by atoms with Gasteiger partial charge in [0.25, 0.3) is 0 Å². The summed E-state index contributed by atoms with van der Waals surface area (Å²) in [5, 5.41) is 3.24. The molecule has 2 aromatic rings. The predicted octanol–water partition coefficient (Wildman–Crippen LogP) is 3.60. The third-order valence-corrected chi connectivity index (χ3v) is 3.04. The second-order valence-corrected chi connectivity index (χ2v) is 5.05. The standard InChI is InChI=1S/C14H16BrN3/c1-3-7-16-14-17-11(2)9-18(14)10-12-5-4-6-13(15)8-12/h3-6,8-9H,1,7,10H2,2H3,(H,16,17). The summed E-state index contributed by atoms with van der Waals surface area (Å²) in [5.41, 5.74) is 2.25. The van der Waals surface area contributed by atoms with Crippen molar-refractivity contribution < 1.29 is 0 Å². The minimum absolute atomic E-state index is 0.717. The number of hydrogen-bond donors (Lipinski definition) is 1. The highest BCUT2D eigenvalue weighted by atomic mass is 79.9. The summed E-state index contributed by atoms with van der Waals surface area (Å²) < 4.78 is 3.21. The lowest BCUT2D eigenvalue weighted by molar-refractivity contribution is 0.801. The maximum absolute atomic E-state index is 4.46. The summed E-state index contributed by atoms with van der Waals surface area (Å²) in [4.78, 5) is 4.46. The van der Waals surface area contributed by atoms with Crippen LogP contribution in [-0.2, 0) is 6.54 Å². The van der Waals surface area contributed by atoms with E-state index in [1.165, 1.54) is 5.56 Å². The van der Waals surface area contributed by atoms with Crippen LogP contribution < -0.4 is 5.32 Å². The van der Waals surface area contributed by atoms with Gasteiger partial charge in [0.15, 0.2) is 0 Å². The van der Waals surface area contributed by atoms with Crippen molar-refractivity contribution in [3.05, 3.63) is 58.8 Å². The van der Waals surface area contributed by atoms with E-state index < -0.39 is 0 Å². The molecule has 0 bridgehead atoms. The van der Waals surface area contributed by atoms with Gasteiger partial charge in [0.05, 0.1) is 12.2 Å². The van der Waals surface area contributed by atoms with Crippen LogP contribution in [0.25, 0.3) is 0 Å². The van der Waals surface area contributed by atoms with Crippen molar-refractivity contribution in [3.63, 3.8) is 0 Å². The fraction of sp³-hybridized carbons (Fsp3) is 0.214. The summed E-state index contributed by atoms with van der Waals surface area (Å²) in [7, 11) is 0. The van der Waals surface area contributed by atoms with Gasteiger partial charge < -0.3 is 9.88 Å². The molecular weight excluding hydrogens is 290 g/mol. The van der Waals surface area contributed by atoms with Gasteiger partial charge in [-0.05, 0) is 24.6 Å². The van der Waals surface area contributed by atoms with Crippen molar-refractivity contribution in [1.29, 1.82) is 0 Å². The molecule has 0 fully saturated rings. The van der Waals surface area contributed by atoms with Gasteiger partial charge in [-0.2, -0.15) is 0 Å². The fourth-order valence-electron chi connectivity index (χ4n) is 1.80. The average molecular weight is 306 g/mol. The molecule has 0 saturated heterocycles. The van der Waals surface area contributed by atoms with E-state index in [2.05, 4.69) is 49.5 Å². The van der Waals surface area contributed by atoms with Crippen LogP contribution in [0.4, 0.5) is 5.95 Å². The van der Waals surface area contributed by atoms with E-state index in [0.29, 0.717) is 0 Å². The number of imidazole rings is 1. The van der Waals surface area contributed by atoms with Gasteiger partial charge in [-0.25, -0.2) is 4.98 Å². The van der Waals surface area contributed by atoms with Crippen LogP contribution in [0.3, 0.4) is 0 Å². The highest BCUT2D eigenvalue weighted by Gasteiger charge is 2.05. The smallest absolute Gasteiger partial charge is 0.203 e. The third kappa shape index (κ3) is 3.23. The van der Waals surface area contributed by atoms with Crippen LogP contribution in [-0.4, -0.2) is 16.1 Å². The Labute approximate surface area is 116 Å². The molecule has 0 atom stereocenters. The Morgan fingerprint density at radius 3 is 3.06 bits per heavy atom. The summed E-state index contributed by atoms with van der Waals surface area (Å²) >= 11 is 3.49. The number of aryl methyl sites for hydroxylation is 1. The highest BCUT2D eigenvalue weighted by Crippen LogP contribution is 2.15. The molecule has 18 heavy (non-hydrogen) atoms. The lowest BCUT2D eigenvalue weighted by Crippen LogP contribution is -2.07. The number of anilines is 1. The highest BCUT2D eigenvalue weighted by molar-refractivity contribution is 9.10. The lowest BCUT2D eigenvalue weighted by Gasteiger charge is -2.08. The van der Waals surface area contributed by atoms with Crippen molar-refractivity contribution in [2.24, 2.45) is 0 Å². The average Bonchev–Trinajstić information content (AvgIpc) is 2.67. The van der Waals surface area contributed by atoms with Gasteiger partial charge in [-0.15, -0.1) is 6.58 Å². The van der Waals surface area contributed by atoms with E-state index in [1.54, 1.807) is 0 Å². The molecule has 2 rings (SSSR count). The SMILES string of the molecule is C=CCNc1nc(C)cn1Cc1cccc(Br)c1. The molecule has 3 nitrogen and oxygen atoms in total. The fourth-order valence-corrected chi connectivity index (χ4v) is 2.25. The van der Waals surface area contributed by atoms with Crippen LogP contribution in [0, 0.1) is 6.92 Å². The zero-order valence-electron chi connectivity index (χ0n) is 10.4. The zero-order chi connectivity index (χ0) is 13.0. The summed E-state index contributed by atoms with van der Waals surface area (Å²) in [6.07, 6.45) is 3.87. The first kappa shape index (κ1) is 12.9. The Balaban J connectivity index is 2.20. The normalized spacial score (nSPS) is 10.3. The first-order chi connectivity index (χ1) is 8.69. The molecule has 1 N–H and O–H groups in total. The van der Waals surface area contributed by atoms with Gasteiger partial charge in [0.2, 0.25) is 5.95 Å². The van der Waals surface area contributed by atoms with Gasteiger partial charge in [0, 0.05) is 17.2 Å². The molecule has 4 heteroatoms. The van der Waals surface area contributed by atoms with E-state index in [4.69, 9.17) is 0 Å². The van der Waals surface area contributed by atoms with Crippen molar-refractivity contribution in [2.75, 3.05) is 11.9 Å². The largest absolute Gasteiger partial charge is 0.352 e. The van der Waals surface area contributed by atoms with E-state index in [9.17, 15) is 0 Å². The molecule has 0 aliphatic rings. The van der Waals surface area contributed by atoms with E-state index >= 15 is 0 Å². The van der Waals surface area contributed by atoms with E-state index in [-0.39, 0.29) is 0 Å². The lowest BCUT2D eigenvalue weighted by atomic mass is 10.2. The van der Waals surface area contributed by atoms with Gasteiger partial charge in [0.1, 0.15) is 0 Å². The van der Waals surface area contributed by atoms with Gasteiger partial charge in [-0.3, -0.25) is 0 Å². The molecule has 0 amide bonds. The second-order valence-electron chi connectivity index (χ2n) is 4.13. The first-order valence-electron chi connectivity index (χ1n) is 5.82. The molecule has 0 spiro atoms. The summed E-state index contributed by atoms with van der Waals surface area (Å²) in [6, 6.07) is 8.30. The Morgan fingerprint density at radius 1 is 1.50 bits per heavy atom. The molecule has 0 unspecified atom stereocenters. The van der Waals surface area contributed by atoms with Crippen molar-refractivity contribution in [3.8, 4) is 0 Å². The van der Waals surface area contributed by atoms with Crippen LogP contribution in [0.2, 0.25) is 0 Å². The quantitative estimate of drug-likeness (QED) is 0.855. The molecule has 94 valence electrons. The minimum Gasteiger partial charge on any atom is -0.352 e. The van der Waals surface area contributed by atoms with Crippen LogP contribution in [0.5, 0.6) is 0 Å². The topological polar surface area (TPSA) is 29.9 Å². The number of rotatable bonds is 5. The minimum atomic E-state index is 0.717. The Bertz CT molecular complexity index is 546. The van der Waals surface area contributed by atoms with Crippen molar-refractivity contribution in [1.82, 2.24) is 9.55 Å². The van der Waals surface area contributed by atoms with Gasteiger partial charge >= 0.3 is 0 Å². The summed E-state index contributed by atoms with van der Waals surface area (Å²) in [6.45, 7) is 7.22. The van der Waals surface area contributed by atoms with E-state index in [1.807, 2.05) is 31.3 Å². The maximum Gasteiger partial charge on any atom is 0.203 e. The molecule has 1 aromatic heterocycles. The number of nitrogens with one attached hydrogen (secondary N) is 1. The Morgan fingerprint density at radius 2 is 2.33 bits per heavy atom. The Hall–Kier alpha value is -1.55. The number of aromatic nitrogens is 2. The molecular formula is C14H16BrN3. The van der Waals surface area contributed by atoms with Crippen LogP contribution in [0.15, 0.2) is 47.6 Å². The second kappa shape index (κ2) is 5.87. The Kier molecular flexibility index (Phi) is 4.20. The molecule has 1 heterocycles. The van der Waals surface area contributed by atoms with E-state index in [0.717, 1.165) is 29.2 Å². The molecule has 1 aromatic carbocycles. The predicted molar refractivity (Wildman–Crippen MR) is 78.9 cm³/mol. The first-order valence-corrected chi connectivity index (χ1v) is 6.61. The zero-order valence-corrected chi connectivity index (χ0v) is 11.9. The molecule has 0 aliphatic carbocycles. The number of benzene rings is 1. The number of halogens is 1. The number of hydrogen-bond acceptors (Lipinski definition) is 2. The van der Waals surface area contributed by atoms with Crippen LogP contribution >= 0.6 is 15.9 Å². The maximum atomic E-state index is 4.46. The summed E-state index contributed by atoms with van der Waals surface area (Å²) in [5.74, 6) is 0.882. The molecule has 0 aliphatic heterocycles. The van der Waals surface area contributed by atoms with Gasteiger partial charge in [-0.1, -0.05) is 34.1 Å².